The van der Waals surface area contributed by atoms with E-state index in [1.807, 2.05) is 31.3 Å². The molecule has 1 aromatic rings. The monoisotopic (exact) mass is 263 g/mol. The molecule has 5 nitrogen and oxygen atoms in total. The Morgan fingerprint density at radius 3 is 2.89 bits per heavy atom. The van der Waals surface area contributed by atoms with Gasteiger partial charge in [-0.15, -0.1) is 0 Å². The number of nitrogens with zero attached hydrogens (tertiary/aromatic N) is 4. The van der Waals surface area contributed by atoms with Crippen LogP contribution >= 0.6 is 0 Å². The van der Waals surface area contributed by atoms with Crippen molar-refractivity contribution in [2.45, 2.75) is 32.2 Å². The van der Waals surface area contributed by atoms with Crippen molar-refractivity contribution in [3.05, 3.63) is 12.3 Å². The summed E-state index contributed by atoms with van der Waals surface area (Å²) in [6, 6.07) is 2.58. The first kappa shape index (κ1) is 14.1. The number of hydrogen-bond donors (Lipinski definition) is 1. The zero-order chi connectivity index (χ0) is 13.7. The van der Waals surface area contributed by atoms with Crippen molar-refractivity contribution >= 4 is 11.8 Å². The molecular weight excluding hydrogens is 238 g/mol. The molecule has 2 rings (SSSR count). The Labute approximate surface area is 116 Å². The van der Waals surface area contributed by atoms with Crippen LogP contribution in [0.5, 0.6) is 0 Å². The molecule has 1 aliphatic rings. The van der Waals surface area contributed by atoms with Gasteiger partial charge in [0.1, 0.15) is 5.82 Å². The number of aromatic nitrogens is 2. The van der Waals surface area contributed by atoms with Crippen LogP contribution in [0.2, 0.25) is 0 Å². The Bertz CT molecular complexity index is 387. The smallest absolute Gasteiger partial charge is 0.226 e. The van der Waals surface area contributed by atoms with E-state index in [2.05, 4.69) is 27.1 Å². The predicted molar refractivity (Wildman–Crippen MR) is 79.9 cm³/mol. The van der Waals surface area contributed by atoms with Gasteiger partial charge in [0.2, 0.25) is 5.95 Å². The van der Waals surface area contributed by atoms with Gasteiger partial charge in [-0.2, -0.15) is 4.98 Å². The molecule has 0 spiro atoms. The second kappa shape index (κ2) is 6.70. The molecule has 19 heavy (non-hydrogen) atoms. The lowest BCUT2D eigenvalue weighted by Crippen LogP contribution is -2.47. The summed E-state index contributed by atoms with van der Waals surface area (Å²) in [5.74, 6) is 1.83. The predicted octanol–water partition coefficient (Wildman–Crippen LogP) is 1.51. The molecule has 0 aromatic carbocycles. The number of hydrogen-bond acceptors (Lipinski definition) is 5. The van der Waals surface area contributed by atoms with E-state index in [-0.39, 0.29) is 0 Å². The van der Waals surface area contributed by atoms with Crippen LogP contribution in [0.4, 0.5) is 11.8 Å². The van der Waals surface area contributed by atoms with Crippen LogP contribution in [0, 0.1) is 0 Å². The maximum atomic E-state index is 4.68. The number of rotatable bonds is 5. The minimum atomic E-state index is 0.554. The standard InChI is InChI=1S/C14H25N5/c1-4-10-19(12-6-5-8-15-11-12)13-7-9-16-14(17-13)18(2)3/h7,9,12,15H,4-6,8,10-11H2,1-3H3. The summed E-state index contributed by atoms with van der Waals surface area (Å²) in [6.07, 6.45) is 5.49. The van der Waals surface area contributed by atoms with Crippen LogP contribution in [0.25, 0.3) is 0 Å². The van der Waals surface area contributed by atoms with Gasteiger partial charge in [0.15, 0.2) is 0 Å². The molecule has 0 amide bonds. The summed E-state index contributed by atoms with van der Waals surface area (Å²) >= 11 is 0. The maximum absolute atomic E-state index is 4.68. The summed E-state index contributed by atoms with van der Waals surface area (Å²) in [6.45, 7) is 5.47. The van der Waals surface area contributed by atoms with E-state index in [0.29, 0.717) is 6.04 Å². The zero-order valence-corrected chi connectivity index (χ0v) is 12.3. The van der Waals surface area contributed by atoms with Gasteiger partial charge < -0.3 is 15.1 Å². The quantitative estimate of drug-likeness (QED) is 0.872. The maximum Gasteiger partial charge on any atom is 0.226 e. The Balaban J connectivity index is 2.19. The first-order chi connectivity index (χ1) is 9.22. The number of nitrogens with one attached hydrogen (secondary N) is 1. The molecule has 0 saturated carbocycles. The van der Waals surface area contributed by atoms with Crippen LogP contribution in [-0.4, -0.2) is 49.7 Å². The van der Waals surface area contributed by atoms with Gasteiger partial charge >= 0.3 is 0 Å². The lowest BCUT2D eigenvalue weighted by molar-refractivity contribution is 0.429. The molecule has 106 valence electrons. The first-order valence-electron chi connectivity index (χ1n) is 7.20. The second-order valence-electron chi connectivity index (χ2n) is 5.30. The van der Waals surface area contributed by atoms with Crippen molar-refractivity contribution in [1.29, 1.82) is 0 Å². The Hall–Kier alpha value is -1.36. The third-order valence-electron chi connectivity index (χ3n) is 3.50. The van der Waals surface area contributed by atoms with Gasteiger partial charge in [0.25, 0.3) is 0 Å². The molecule has 1 atom stereocenters. The Morgan fingerprint density at radius 2 is 2.26 bits per heavy atom. The van der Waals surface area contributed by atoms with Crippen molar-refractivity contribution < 1.29 is 0 Å². The van der Waals surface area contributed by atoms with Crippen molar-refractivity contribution in [3.63, 3.8) is 0 Å². The van der Waals surface area contributed by atoms with Gasteiger partial charge in [-0.1, -0.05) is 6.92 Å². The largest absolute Gasteiger partial charge is 0.352 e. The highest BCUT2D eigenvalue weighted by atomic mass is 15.3. The van der Waals surface area contributed by atoms with Gasteiger partial charge in [-0.05, 0) is 31.9 Å². The van der Waals surface area contributed by atoms with E-state index in [4.69, 9.17) is 0 Å². The third kappa shape index (κ3) is 3.56. The van der Waals surface area contributed by atoms with Crippen molar-refractivity contribution in [2.75, 3.05) is 43.5 Å². The van der Waals surface area contributed by atoms with E-state index < -0.39 is 0 Å². The number of anilines is 2. The lowest BCUT2D eigenvalue weighted by Gasteiger charge is -2.35. The van der Waals surface area contributed by atoms with Crippen molar-refractivity contribution in [1.82, 2.24) is 15.3 Å². The molecule has 1 aromatic heterocycles. The molecular formula is C14H25N5. The van der Waals surface area contributed by atoms with Gasteiger partial charge in [0, 0.05) is 39.4 Å². The van der Waals surface area contributed by atoms with E-state index in [1.54, 1.807) is 0 Å². The number of piperidine rings is 1. The molecule has 2 heterocycles. The van der Waals surface area contributed by atoms with E-state index in [0.717, 1.165) is 37.8 Å². The van der Waals surface area contributed by atoms with E-state index >= 15 is 0 Å². The molecule has 0 radical (unpaired) electrons. The molecule has 0 bridgehead atoms. The fourth-order valence-electron chi connectivity index (χ4n) is 2.54. The zero-order valence-electron chi connectivity index (χ0n) is 12.3. The van der Waals surface area contributed by atoms with E-state index in [9.17, 15) is 0 Å². The van der Waals surface area contributed by atoms with Crippen LogP contribution in [-0.2, 0) is 0 Å². The molecule has 1 unspecified atom stereocenters. The highest BCUT2D eigenvalue weighted by Gasteiger charge is 2.21. The van der Waals surface area contributed by atoms with E-state index in [1.165, 1.54) is 12.8 Å². The summed E-state index contributed by atoms with van der Waals surface area (Å²) in [5, 5.41) is 3.49. The first-order valence-corrected chi connectivity index (χ1v) is 7.20. The summed E-state index contributed by atoms with van der Waals surface area (Å²) < 4.78 is 0. The minimum absolute atomic E-state index is 0.554. The fraction of sp³-hybridized carbons (Fsp3) is 0.714. The second-order valence-corrected chi connectivity index (χ2v) is 5.30. The van der Waals surface area contributed by atoms with Crippen LogP contribution in [0.3, 0.4) is 0 Å². The van der Waals surface area contributed by atoms with Gasteiger partial charge in [-0.3, -0.25) is 0 Å². The Kier molecular flexibility index (Phi) is 4.96. The van der Waals surface area contributed by atoms with Crippen molar-refractivity contribution in [3.8, 4) is 0 Å². The highest BCUT2D eigenvalue weighted by Crippen LogP contribution is 2.20. The molecule has 1 N–H and O–H groups in total. The van der Waals surface area contributed by atoms with Gasteiger partial charge in [0.05, 0.1) is 0 Å². The SMILES string of the molecule is CCCN(c1ccnc(N(C)C)n1)C1CCCNC1. The topological polar surface area (TPSA) is 44.3 Å². The van der Waals surface area contributed by atoms with Gasteiger partial charge in [-0.25, -0.2) is 4.98 Å². The lowest BCUT2D eigenvalue weighted by atomic mass is 10.1. The molecule has 1 saturated heterocycles. The van der Waals surface area contributed by atoms with Crippen LogP contribution in [0.1, 0.15) is 26.2 Å². The minimum Gasteiger partial charge on any atom is -0.352 e. The average Bonchev–Trinajstić information content (AvgIpc) is 2.46. The van der Waals surface area contributed by atoms with Crippen LogP contribution in [0.15, 0.2) is 12.3 Å². The molecule has 5 heteroatoms. The molecule has 1 fully saturated rings. The summed E-state index contributed by atoms with van der Waals surface area (Å²) in [7, 11) is 3.96. The third-order valence-corrected chi connectivity index (χ3v) is 3.50. The summed E-state index contributed by atoms with van der Waals surface area (Å²) in [4.78, 5) is 13.4. The highest BCUT2D eigenvalue weighted by molar-refractivity contribution is 5.44. The fourth-order valence-corrected chi connectivity index (χ4v) is 2.54. The average molecular weight is 263 g/mol. The van der Waals surface area contributed by atoms with Crippen molar-refractivity contribution in [2.24, 2.45) is 0 Å². The Morgan fingerprint density at radius 1 is 1.42 bits per heavy atom. The van der Waals surface area contributed by atoms with Crippen LogP contribution < -0.4 is 15.1 Å². The normalized spacial score (nSPS) is 19.2. The molecule has 1 aliphatic heterocycles. The summed E-state index contributed by atoms with van der Waals surface area (Å²) in [5.41, 5.74) is 0. The molecule has 0 aliphatic carbocycles.